The fourth-order valence-electron chi connectivity index (χ4n) is 3.82. The first kappa shape index (κ1) is 17.0. The van der Waals surface area contributed by atoms with Crippen molar-refractivity contribution < 1.29 is 4.79 Å². The molecular formula is C24H20N2O. The van der Waals surface area contributed by atoms with Crippen LogP contribution in [0.4, 0.5) is 0 Å². The van der Waals surface area contributed by atoms with Crippen molar-refractivity contribution in [3.05, 3.63) is 126 Å². The van der Waals surface area contributed by atoms with Crippen LogP contribution in [-0.4, -0.2) is 15.8 Å². The fraction of sp³-hybridized carbons (Fsp3) is 0.0833. The number of imidazole rings is 1. The van der Waals surface area contributed by atoms with E-state index in [2.05, 4.69) is 45.9 Å². The van der Waals surface area contributed by atoms with Crippen LogP contribution in [0.5, 0.6) is 0 Å². The molecule has 3 aromatic carbocycles. The molecule has 0 amide bonds. The molecule has 0 N–H and O–H groups in total. The van der Waals surface area contributed by atoms with E-state index in [1.54, 1.807) is 6.20 Å². The number of nitrogens with zero attached hydrogens (tertiary/aromatic N) is 2. The van der Waals surface area contributed by atoms with Crippen LogP contribution < -0.4 is 0 Å². The Kier molecular flexibility index (Phi) is 4.67. The highest BCUT2D eigenvalue weighted by molar-refractivity contribution is 5.56. The second kappa shape index (κ2) is 7.42. The number of rotatable bonds is 6. The highest BCUT2D eigenvalue weighted by atomic mass is 16.1. The summed E-state index contributed by atoms with van der Waals surface area (Å²) in [5, 5.41) is 0. The van der Waals surface area contributed by atoms with Crippen molar-refractivity contribution in [3.63, 3.8) is 0 Å². The molecule has 3 heteroatoms. The molecule has 1 aromatic heterocycles. The largest absolute Gasteiger partial charge is 0.316 e. The molecule has 4 aromatic rings. The van der Waals surface area contributed by atoms with Crippen LogP contribution in [0.15, 0.2) is 104 Å². The summed E-state index contributed by atoms with van der Waals surface area (Å²) >= 11 is 0. The number of hydrogen-bond donors (Lipinski definition) is 0. The highest BCUT2D eigenvalue weighted by Gasteiger charge is 2.39. The normalized spacial score (nSPS) is 11.3. The maximum absolute atomic E-state index is 11.3. The molecule has 0 atom stereocenters. The van der Waals surface area contributed by atoms with Crippen molar-refractivity contribution in [1.82, 2.24) is 9.55 Å². The number of carbonyl (C=O) groups excluding carboxylic acids is 1. The van der Waals surface area contributed by atoms with E-state index in [1.165, 1.54) is 0 Å². The van der Waals surface area contributed by atoms with E-state index >= 15 is 0 Å². The van der Waals surface area contributed by atoms with Gasteiger partial charge in [-0.3, -0.25) is 0 Å². The van der Waals surface area contributed by atoms with E-state index < -0.39 is 5.54 Å². The molecule has 27 heavy (non-hydrogen) atoms. The van der Waals surface area contributed by atoms with Crippen LogP contribution >= 0.6 is 0 Å². The van der Waals surface area contributed by atoms with Gasteiger partial charge in [0, 0.05) is 18.3 Å². The number of carbonyl (C=O) groups is 1. The van der Waals surface area contributed by atoms with E-state index in [9.17, 15) is 4.79 Å². The third-order valence-electron chi connectivity index (χ3n) is 4.94. The third-order valence-corrected chi connectivity index (χ3v) is 4.94. The first-order valence-corrected chi connectivity index (χ1v) is 8.99. The van der Waals surface area contributed by atoms with Gasteiger partial charge in [-0.2, -0.15) is 0 Å². The van der Waals surface area contributed by atoms with Gasteiger partial charge in [-0.1, -0.05) is 91.0 Å². The third kappa shape index (κ3) is 2.87. The van der Waals surface area contributed by atoms with Crippen molar-refractivity contribution >= 4 is 6.29 Å². The zero-order valence-electron chi connectivity index (χ0n) is 14.9. The van der Waals surface area contributed by atoms with Crippen molar-refractivity contribution in [2.75, 3.05) is 0 Å². The van der Waals surface area contributed by atoms with Gasteiger partial charge in [-0.05, 0) is 16.7 Å². The van der Waals surface area contributed by atoms with Crippen LogP contribution in [0.25, 0.3) is 0 Å². The summed E-state index contributed by atoms with van der Waals surface area (Å²) in [7, 11) is 0. The number of hydrogen-bond acceptors (Lipinski definition) is 2. The first-order valence-electron chi connectivity index (χ1n) is 8.99. The van der Waals surface area contributed by atoms with Gasteiger partial charge in [0.25, 0.3) is 0 Å². The average Bonchev–Trinajstić information content (AvgIpc) is 3.20. The van der Waals surface area contributed by atoms with Gasteiger partial charge < -0.3 is 9.36 Å². The quantitative estimate of drug-likeness (QED) is 0.379. The van der Waals surface area contributed by atoms with Crippen molar-refractivity contribution in [2.24, 2.45) is 0 Å². The monoisotopic (exact) mass is 352 g/mol. The van der Waals surface area contributed by atoms with Gasteiger partial charge in [-0.15, -0.1) is 0 Å². The zero-order chi connectivity index (χ0) is 18.5. The van der Waals surface area contributed by atoms with E-state index in [0.29, 0.717) is 6.42 Å². The number of aldehydes is 1. The van der Waals surface area contributed by atoms with Gasteiger partial charge >= 0.3 is 0 Å². The molecule has 0 unspecified atom stereocenters. The predicted octanol–water partition coefficient (Wildman–Crippen LogP) is 4.46. The topological polar surface area (TPSA) is 34.9 Å². The summed E-state index contributed by atoms with van der Waals surface area (Å²) < 4.78 is 2.13. The van der Waals surface area contributed by atoms with Crippen LogP contribution in [0.3, 0.4) is 0 Å². The van der Waals surface area contributed by atoms with E-state index in [0.717, 1.165) is 28.7 Å². The molecule has 3 nitrogen and oxygen atoms in total. The van der Waals surface area contributed by atoms with Gasteiger partial charge in [-0.25, -0.2) is 4.98 Å². The molecule has 4 rings (SSSR count). The van der Waals surface area contributed by atoms with Crippen molar-refractivity contribution in [1.29, 1.82) is 0 Å². The molecule has 0 bridgehead atoms. The molecule has 0 aliphatic rings. The summed E-state index contributed by atoms with van der Waals surface area (Å²) in [4.78, 5) is 15.7. The molecule has 0 saturated heterocycles. The summed E-state index contributed by atoms with van der Waals surface area (Å²) in [6.45, 7) is 0. The SMILES string of the molecule is O=CCc1cncn1C(c1ccccc1)(c1ccccc1)c1ccccc1. The Morgan fingerprint density at radius 3 is 1.59 bits per heavy atom. The molecule has 0 aliphatic heterocycles. The number of benzene rings is 3. The minimum atomic E-state index is -0.612. The summed E-state index contributed by atoms with van der Waals surface area (Å²) in [6, 6.07) is 31.1. The molecule has 0 saturated carbocycles. The maximum atomic E-state index is 11.3. The minimum absolute atomic E-state index is 0.314. The molecule has 0 spiro atoms. The first-order chi connectivity index (χ1) is 13.4. The van der Waals surface area contributed by atoms with Crippen LogP contribution in [0.2, 0.25) is 0 Å². The van der Waals surface area contributed by atoms with Gasteiger partial charge in [0.2, 0.25) is 0 Å². The minimum Gasteiger partial charge on any atom is -0.316 e. The van der Waals surface area contributed by atoms with Crippen molar-refractivity contribution in [3.8, 4) is 0 Å². The van der Waals surface area contributed by atoms with E-state index in [1.807, 2.05) is 60.9 Å². The lowest BCUT2D eigenvalue weighted by atomic mass is 9.76. The molecule has 132 valence electrons. The smallest absolute Gasteiger partial charge is 0.125 e. The summed E-state index contributed by atoms with van der Waals surface area (Å²) in [6.07, 6.45) is 4.84. The van der Waals surface area contributed by atoms with Crippen LogP contribution in [0.1, 0.15) is 22.4 Å². The molecule has 0 aliphatic carbocycles. The number of aromatic nitrogens is 2. The lowest BCUT2D eigenvalue weighted by Gasteiger charge is -2.38. The fourth-order valence-corrected chi connectivity index (χ4v) is 3.82. The summed E-state index contributed by atoms with van der Waals surface area (Å²) in [5.74, 6) is 0. The molecule has 0 radical (unpaired) electrons. The van der Waals surface area contributed by atoms with Crippen LogP contribution in [-0.2, 0) is 16.8 Å². The Morgan fingerprint density at radius 1 is 0.741 bits per heavy atom. The Bertz CT molecular complexity index is 911. The van der Waals surface area contributed by atoms with E-state index in [-0.39, 0.29) is 0 Å². The van der Waals surface area contributed by atoms with Crippen molar-refractivity contribution in [2.45, 2.75) is 12.0 Å². The second-order valence-corrected chi connectivity index (χ2v) is 6.43. The maximum Gasteiger partial charge on any atom is 0.125 e. The van der Waals surface area contributed by atoms with E-state index in [4.69, 9.17) is 0 Å². The van der Waals surface area contributed by atoms with Gasteiger partial charge in [0.1, 0.15) is 11.8 Å². The molecular weight excluding hydrogens is 332 g/mol. The Hall–Kier alpha value is -3.46. The van der Waals surface area contributed by atoms with Gasteiger partial charge in [0.05, 0.1) is 6.33 Å². The lowest BCUT2D eigenvalue weighted by Crippen LogP contribution is -2.38. The standard InChI is InChI=1S/C24H20N2O/c27-17-16-23-18-25-19-26(23)24(20-10-4-1-5-11-20,21-12-6-2-7-13-21)22-14-8-3-9-15-22/h1-15,17-19H,16H2. The van der Waals surface area contributed by atoms with Crippen LogP contribution in [0, 0.1) is 0 Å². The lowest BCUT2D eigenvalue weighted by molar-refractivity contribution is -0.107. The molecule has 1 heterocycles. The Morgan fingerprint density at radius 2 is 1.19 bits per heavy atom. The Balaban J connectivity index is 2.13. The Labute approximate surface area is 158 Å². The zero-order valence-corrected chi connectivity index (χ0v) is 14.9. The second-order valence-electron chi connectivity index (χ2n) is 6.43. The molecule has 0 fully saturated rings. The van der Waals surface area contributed by atoms with Gasteiger partial charge in [0.15, 0.2) is 0 Å². The summed E-state index contributed by atoms with van der Waals surface area (Å²) in [5.41, 5.74) is 3.62. The average molecular weight is 352 g/mol. The highest BCUT2D eigenvalue weighted by Crippen LogP contribution is 2.41. The predicted molar refractivity (Wildman–Crippen MR) is 107 cm³/mol.